The van der Waals surface area contributed by atoms with Crippen LogP contribution in [0.2, 0.25) is 0 Å². The summed E-state index contributed by atoms with van der Waals surface area (Å²) in [4.78, 5) is 31.9. The second-order valence-corrected chi connectivity index (χ2v) is 3.79. The van der Waals surface area contributed by atoms with Crippen LogP contribution in [0.3, 0.4) is 0 Å². The van der Waals surface area contributed by atoms with Crippen molar-refractivity contribution in [2.45, 2.75) is 6.42 Å². The average Bonchev–Trinajstić information content (AvgIpc) is 2.88. The first-order valence-electron chi connectivity index (χ1n) is 5.50. The molecule has 2 aromatic rings. The van der Waals surface area contributed by atoms with Gasteiger partial charge in [0.05, 0.1) is 0 Å². The number of rotatable bonds is 4. The van der Waals surface area contributed by atoms with Crippen LogP contribution in [0.5, 0.6) is 23.5 Å². The molecule has 0 spiro atoms. The predicted octanol–water partition coefficient (Wildman–Crippen LogP) is -0.887. The van der Waals surface area contributed by atoms with Crippen LogP contribution in [-0.4, -0.2) is 41.8 Å². The van der Waals surface area contributed by atoms with Gasteiger partial charge in [-0.3, -0.25) is 0 Å². The zero-order valence-electron chi connectivity index (χ0n) is 10.3. The molecule has 21 heavy (non-hydrogen) atoms. The minimum absolute atomic E-state index is 0.403. The lowest BCUT2D eigenvalue weighted by Gasteiger charge is -2.08. The summed E-state index contributed by atoms with van der Waals surface area (Å²) in [6, 6.07) is 4.27. The average molecular weight is 298 g/mol. The van der Waals surface area contributed by atoms with E-state index in [-0.39, 0.29) is 0 Å². The van der Waals surface area contributed by atoms with Crippen LogP contribution in [0.25, 0.3) is 0 Å². The number of aromatic hydroxyl groups is 4. The van der Waals surface area contributed by atoms with Gasteiger partial charge in [0.2, 0.25) is 23.5 Å². The summed E-state index contributed by atoms with van der Waals surface area (Å²) in [6.45, 7) is 0. The standard InChI is InChI=1S/C11H10N2O8/c14-6-1-2-7(15)12(6)20-10(18)5-11(19)21-13-8(16)3-4-9(13)17/h1-4,14-17H,5H2. The molecule has 0 saturated carbocycles. The first-order chi connectivity index (χ1) is 9.88. The summed E-state index contributed by atoms with van der Waals surface area (Å²) in [5.41, 5.74) is 0. The van der Waals surface area contributed by atoms with E-state index in [9.17, 15) is 30.0 Å². The molecule has 10 heteroatoms. The molecule has 112 valence electrons. The molecule has 0 atom stereocenters. The van der Waals surface area contributed by atoms with Crippen molar-refractivity contribution in [2.24, 2.45) is 0 Å². The van der Waals surface area contributed by atoms with Crippen molar-refractivity contribution < 1.29 is 39.7 Å². The first-order valence-corrected chi connectivity index (χ1v) is 5.50. The molecule has 2 heterocycles. The van der Waals surface area contributed by atoms with E-state index in [4.69, 9.17) is 0 Å². The fraction of sp³-hybridized carbons (Fsp3) is 0.0909. The third-order valence-corrected chi connectivity index (χ3v) is 2.27. The molecule has 0 amide bonds. The highest BCUT2D eigenvalue weighted by atomic mass is 16.7. The van der Waals surface area contributed by atoms with Gasteiger partial charge in [-0.15, -0.1) is 9.46 Å². The van der Waals surface area contributed by atoms with Crippen LogP contribution >= 0.6 is 0 Å². The van der Waals surface area contributed by atoms with Gasteiger partial charge in [-0.05, 0) is 0 Å². The Kier molecular flexibility index (Phi) is 3.61. The second-order valence-electron chi connectivity index (χ2n) is 3.79. The van der Waals surface area contributed by atoms with E-state index in [0.717, 1.165) is 24.3 Å². The summed E-state index contributed by atoms with van der Waals surface area (Å²) in [6.07, 6.45) is -0.895. The predicted molar refractivity (Wildman–Crippen MR) is 63.3 cm³/mol. The third-order valence-electron chi connectivity index (χ3n) is 2.27. The molecule has 0 aliphatic carbocycles. The Bertz CT molecular complexity index is 589. The van der Waals surface area contributed by atoms with Crippen LogP contribution in [0.15, 0.2) is 24.3 Å². The fourth-order valence-electron chi connectivity index (χ4n) is 1.38. The molecule has 4 N–H and O–H groups in total. The number of hydrogen-bond acceptors (Lipinski definition) is 8. The molecule has 0 bridgehead atoms. The molecular weight excluding hydrogens is 288 g/mol. The zero-order chi connectivity index (χ0) is 15.6. The van der Waals surface area contributed by atoms with Crippen molar-refractivity contribution in [1.29, 1.82) is 0 Å². The Labute approximate surface area is 116 Å². The smallest absolute Gasteiger partial charge is 0.344 e. The quantitative estimate of drug-likeness (QED) is 0.532. The van der Waals surface area contributed by atoms with Crippen molar-refractivity contribution in [3.05, 3.63) is 24.3 Å². The molecule has 10 nitrogen and oxygen atoms in total. The molecule has 0 aromatic carbocycles. The molecule has 0 radical (unpaired) electrons. The highest BCUT2D eigenvalue weighted by Crippen LogP contribution is 2.20. The molecular formula is C11H10N2O8. The summed E-state index contributed by atoms with van der Waals surface area (Å²) in [7, 11) is 0. The molecule has 0 unspecified atom stereocenters. The molecule has 2 rings (SSSR count). The Hall–Kier alpha value is -3.30. The van der Waals surface area contributed by atoms with Crippen molar-refractivity contribution >= 4 is 11.9 Å². The Morgan fingerprint density at radius 2 is 1.05 bits per heavy atom. The Balaban J connectivity index is 1.96. The maximum atomic E-state index is 11.4. The number of carbonyl (C=O) groups is 2. The van der Waals surface area contributed by atoms with E-state index in [0.29, 0.717) is 9.46 Å². The van der Waals surface area contributed by atoms with Crippen LogP contribution < -0.4 is 9.68 Å². The molecule has 0 aliphatic heterocycles. The molecule has 0 fully saturated rings. The number of nitrogens with zero attached hydrogens (tertiary/aromatic N) is 2. The van der Waals surface area contributed by atoms with Crippen LogP contribution in [0.1, 0.15) is 6.42 Å². The number of aromatic nitrogens is 2. The van der Waals surface area contributed by atoms with E-state index in [1.807, 2.05) is 0 Å². The minimum Gasteiger partial charge on any atom is -0.492 e. The van der Waals surface area contributed by atoms with Crippen LogP contribution in [0.4, 0.5) is 0 Å². The summed E-state index contributed by atoms with van der Waals surface area (Å²) in [5.74, 6) is -4.48. The first kappa shape index (κ1) is 14.1. The van der Waals surface area contributed by atoms with E-state index in [1.54, 1.807) is 0 Å². The lowest BCUT2D eigenvalue weighted by Crippen LogP contribution is -2.27. The van der Waals surface area contributed by atoms with Gasteiger partial charge in [0.1, 0.15) is 6.42 Å². The van der Waals surface area contributed by atoms with Crippen molar-refractivity contribution in [1.82, 2.24) is 9.46 Å². The topological polar surface area (TPSA) is 143 Å². The maximum absolute atomic E-state index is 11.4. The fourth-order valence-corrected chi connectivity index (χ4v) is 1.38. The van der Waals surface area contributed by atoms with Gasteiger partial charge < -0.3 is 30.1 Å². The molecule has 0 saturated heterocycles. The van der Waals surface area contributed by atoms with Crippen LogP contribution in [-0.2, 0) is 9.59 Å². The van der Waals surface area contributed by atoms with Gasteiger partial charge in [-0.1, -0.05) is 0 Å². The molecule has 0 aliphatic rings. The molecule has 2 aromatic heterocycles. The van der Waals surface area contributed by atoms with Crippen molar-refractivity contribution in [3.8, 4) is 23.5 Å². The Morgan fingerprint density at radius 3 is 1.33 bits per heavy atom. The van der Waals surface area contributed by atoms with Crippen LogP contribution in [0, 0.1) is 0 Å². The monoisotopic (exact) mass is 298 g/mol. The highest BCUT2D eigenvalue weighted by molar-refractivity contribution is 5.91. The van der Waals surface area contributed by atoms with Gasteiger partial charge in [0.15, 0.2) is 0 Å². The highest BCUT2D eigenvalue weighted by Gasteiger charge is 2.19. The number of hydrogen-bond donors (Lipinski definition) is 4. The van der Waals surface area contributed by atoms with Crippen molar-refractivity contribution in [2.75, 3.05) is 0 Å². The number of carbonyl (C=O) groups excluding carboxylic acids is 2. The summed E-state index contributed by atoms with van der Waals surface area (Å²) < 4.78 is 0.806. The van der Waals surface area contributed by atoms with Gasteiger partial charge >= 0.3 is 11.9 Å². The minimum atomic E-state index is -1.15. The van der Waals surface area contributed by atoms with Gasteiger partial charge in [-0.25, -0.2) is 9.59 Å². The van der Waals surface area contributed by atoms with E-state index < -0.39 is 41.9 Å². The van der Waals surface area contributed by atoms with E-state index >= 15 is 0 Å². The van der Waals surface area contributed by atoms with Gasteiger partial charge in [0.25, 0.3) is 0 Å². The van der Waals surface area contributed by atoms with Crippen molar-refractivity contribution in [3.63, 3.8) is 0 Å². The zero-order valence-corrected chi connectivity index (χ0v) is 10.3. The summed E-state index contributed by atoms with van der Waals surface area (Å²) >= 11 is 0. The lowest BCUT2D eigenvalue weighted by atomic mass is 10.4. The largest absolute Gasteiger partial charge is 0.492 e. The SMILES string of the molecule is O=C(CC(=O)On1c(O)ccc1O)On1c(O)ccc1O. The lowest BCUT2D eigenvalue weighted by molar-refractivity contribution is -0.156. The Morgan fingerprint density at radius 1 is 0.762 bits per heavy atom. The van der Waals surface area contributed by atoms with E-state index in [1.165, 1.54) is 0 Å². The third kappa shape index (κ3) is 3.00. The normalized spacial score (nSPS) is 10.3. The second kappa shape index (κ2) is 5.36. The van der Waals surface area contributed by atoms with Gasteiger partial charge in [-0.2, -0.15) is 0 Å². The van der Waals surface area contributed by atoms with E-state index in [2.05, 4.69) is 9.68 Å². The maximum Gasteiger partial charge on any atom is 0.344 e. The van der Waals surface area contributed by atoms with Gasteiger partial charge in [0, 0.05) is 24.3 Å². The summed E-state index contributed by atoms with van der Waals surface area (Å²) in [5, 5.41) is 36.9.